The van der Waals surface area contributed by atoms with Crippen LogP contribution in [0.3, 0.4) is 0 Å². The fourth-order valence-corrected chi connectivity index (χ4v) is 2.11. The number of fused-ring (bicyclic) bond motifs is 4. The molecule has 2 heteroatoms. The van der Waals surface area contributed by atoms with Crippen molar-refractivity contribution in [3.63, 3.8) is 0 Å². The molecule has 0 aliphatic carbocycles. The van der Waals surface area contributed by atoms with Gasteiger partial charge in [-0.15, -0.1) is 0 Å². The highest BCUT2D eigenvalue weighted by Gasteiger charge is 2.31. The van der Waals surface area contributed by atoms with Crippen LogP contribution in [0.25, 0.3) is 0 Å². The van der Waals surface area contributed by atoms with E-state index >= 15 is 0 Å². The van der Waals surface area contributed by atoms with Gasteiger partial charge in [0.2, 0.25) is 0 Å². The molecule has 0 N–H and O–H groups in total. The van der Waals surface area contributed by atoms with Gasteiger partial charge in [0.25, 0.3) is 0 Å². The molecule has 13 heavy (non-hydrogen) atoms. The van der Waals surface area contributed by atoms with Gasteiger partial charge in [-0.2, -0.15) is 0 Å². The summed E-state index contributed by atoms with van der Waals surface area (Å²) in [5.74, 6) is 0. The van der Waals surface area contributed by atoms with Gasteiger partial charge >= 0.3 is 0 Å². The van der Waals surface area contributed by atoms with Gasteiger partial charge in [-0.1, -0.05) is 20.3 Å². The van der Waals surface area contributed by atoms with Gasteiger partial charge in [0.05, 0.1) is 26.7 Å². The first-order chi connectivity index (χ1) is 6.20. The Labute approximate surface area is 83.1 Å². The zero-order valence-electron chi connectivity index (χ0n) is 9.55. The summed E-state index contributed by atoms with van der Waals surface area (Å²) < 4.78 is 1.34. The van der Waals surface area contributed by atoms with Gasteiger partial charge in [-0.25, -0.2) is 0 Å². The lowest BCUT2D eigenvalue weighted by Crippen LogP contribution is -2.54. The Bertz CT molecular complexity index is 132. The predicted molar refractivity (Wildman–Crippen MR) is 57.8 cm³/mol. The van der Waals surface area contributed by atoms with E-state index in [1.54, 1.807) is 0 Å². The van der Waals surface area contributed by atoms with Gasteiger partial charge in [0, 0.05) is 26.1 Å². The third-order valence-corrected chi connectivity index (χ3v) is 3.08. The normalized spacial score (nSPS) is 37.6. The molecule has 0 saturated carbocycles. The van der Waals surface area contributed by atoms with E-state index in [4.69, 9.17) is 0 Å². The summed E-state index contributed by atoms with van der Waals surface area (Å²) >= 11 is 0. The zero-order chi connectivity index (χ0) is 9.73. The maximum atomic E-state index is 2.60. The van der Waals surface area contributed by atoms with Crippen LogP contribution in [0.5, 0.6) is 0 Å². The highest BCUT2D eigenvalue weighted by Crippen LogP contribution is 2.15. The van der Waals surface area contributed by atoms with Crippen molar-refractivity contribution in [2.75, 3.05) is 46.3 Å². The Kier molecular flexibility index (Phi) is 4.20. The summed E-state index contributed by atoms with van der Waals surface area (Å²) in [7, 11) is 2.41. The van der Waals surface area contributed by atoms with E-state index in [1.165, 1.54) is 56.6 Å². The molecular weight excluding hydrogens is 160 g/mol. The van der Waals surface area contributed by atoms with E-state index in [0.29, 0.717) is 0 Å². The van der Waals surface area contributed by atoms with E-state index in [1.807, 2.05) is 0 Å². The maximum Gasteiger partial charge on any atom is 0.0914 e. The molecule has 3 aliphatic rings. The first-order valence-electron chi connectivity index (χ1n) is 5.76. The van der Waals surface area contributed by atoms with Gasteiger partial charge in [-0.05, 0) is 0 Å². The summed E-state index contributed by atoms with van der Waals surface area (Å²) in [6.07, 6.45) is 2.66. The average molecular weight is 185 g/mol. The van der Waals surface area contributed by atoms with Crippen molar-refractivity contribution in [3.8, 4) is 0 Å². The Morgan fingerprint density at radius 3 is 2.08 bits per heavy atom. The summed E-state index contributed by atoms with van der Waals surface area (Å²) in [5, 5.41) is 0. The largest absolute Gasteiger partial charge is 0.324 e. The number of nitrogens with zero attached hydrogens (tertiary/aromatic N) is 2. The molecule has 3 saturated heterocycles. The molecule has 0 spiro atoms. The van der Waals surface area contributed by atoms with Gasteiger partial charge in [-0.3, -0.25) is 4.90 Å². The molecule has 3 heterocycles. The van der Waals surface area contributed by atoms with Crippen molar-refractivity contribution >= 4 is 0 Å². The number of rotatable bonds is 0. The van der Waals surface area contributed by atoms with Crippen molar-refractivity contribution in [3.05, 3.63) is 0 Å². The van der Waals surface area contributed by atoms with Crippen LogP contribution in [0.4, 0.5) is 0 Å². The monoisotopic (exact) mass is 185 g/mol. The van der Waals surface area contributed by atoms with Crippen molar-refractivity contribution in [2.45, 2.75) is 26.7 Å². The predicted octanol–water partition coefficient (Wildman–Crippen LogP) is 1.57. The molecule has 0 aromatic heterocycles. The number of likely N-dealkylation sites (N-methyl/N-ethyl adjacent to an activating group) is 1. The first kappa shape index (κ1) is 11.0. The average Bonchev–Trinajstić information content (AvgIpc) is 2.37. The van der Waals surface area contributed by atoms with Crippen LogP contribution < -0.4 is 0 Å². The van der Waals surface area contributed by atoms with Crippen LogP contribution in [0.1, 0.15) is 26.7 Å². The Hall–Kier alpha value is -0.0800. The smallest absolute Gasteiger partial charge is 0.0914 e. The molecule has 0 amide bonds. The van der Waals surface area contributed by atoms with Crippen molar-refractivity contribution in [2.24, 2.45) is 0 Å². The minimum atomic E-state index is 1.25. The van der Waals surface area contributed by atoms with Crippen LogP contribution in [0, 0.1) is 0 Å². The summed E-state index contributed by atoms with van der Waals surface area (Å²) in [6.45, 7) is 12.5. The Morgan fingerprint density at radius 1 is 1.00 bits per heavy atom. The second-order valence-corrected chi connectivity index (χ2v) is 4.69. The van der Waals surface area contributed by atoms with Crippen LogP contribution in [0.15, 0.2) is 0 Å². The van der Waals surface area contributed by atoms with Crippen LogP contribution in [0.2, 0.25) is 0 Å². The number of hydrogen-bond donors (Lipinski definition) is 0. The van der Waals surface area contributed by atoms with Crippen molar-refractivity contribution in [1.82, 2.24) is 4.90 Å². The standard InChI is InChI=1S/C8H17N2.C3H8/c1-10-6-2-3-9(4-7-10)5-8-10;1-3-2/h2-8H2,1H3;3H2,1-2H3/q+1;. The molecule has 3 fully saturated rings. The SMILES string of the molecule is CCC.C[N+]12CCCN(CC1)CC2. The van der Waals surface area contributed by atoms with Crippen LogP contribution in [-0.4, -0.2) is 55.7 Å². The minimum absolute atomic E-state index is 1.25. The van der Waals surface area contributed by atoms with E-state index in [0.717, 1.165) is 0 Å². The third kappa shape index (κ3) is 3.28. The molecule has 3 aliphatic heterocycles. The van der Waals surface area contributed by atoms with Crippen molar-refractivity contribution < 1.29 is 4.48 Å². The second kappa shape index (κ2) is 4.97. The summed E-state index contributed by atoms with van der Waals surface area (Å²) in [4.78, 5) is 2.60. The minimum Gasteiger partial charge on any atom is -0.324 e. The molecule has 2 nitrogen and oxygen atoms in total. The topological polar surface area (TPSA) is 3.24 Å². The van der Waals surface area contributed by atoms with E-state index in [-0.39, 0.29) is 0 Å². The highest BCUT2D eigenvalue weighted by atomic mass is 15.4. The Balaban J connectivity index is 0.000000251. The fraction of sp³-hybridized carbons (Fsp3) is 1.00. The molecule has 0 aromatic rings. The van der Waals surface area contributed by atoms with E-state index < -0.39 is 0 Å². The maximum absolute atomic E-state index is 2.60. The first-order valence-corrected chi connectivity index (χ1v) is 5.76. The van der Waals surface area contributed by atoms with E-state index in [9.17, 15) is 0 Å². The molecule has 2 bridgehead atoms. The molecule has 78 valence electrons. The second-order valence-electron chi connectivity index (χ2n) is 4.69. The molecule has 0 atom stereocenters. The van der Waals surface area contributed by atoms with Crippen LogP contribution >= 0.6 is 0 Å². The highest BCUT2D eigenvalue weighted by molar-refractivity contribution is 4.67. The molecule has 0 aromatic carbocycles. The lowest BCUT2D eigenvalue weighted by Gasteiger charge is -2.37. The van der Waals surface area contributed by atoms with Crippen LogP contribution in [-0.2, 0) is 0 Å². The zero-order valence-corrected chi connectivity index (χ0v) is 9.55. The molecule has 0 radical (unpaired) electrons. The van der Waals surface area contributed by atoms with E-state index in [2.05, 4.69) is 25.8 Å². The molecule has 0 unspecified atom stereocenters. The lowest BCUT2D eigenvalue weighted by atomic mass is 10.3. The lowest BCUT2D eigenvalue weighted by molar-refractivity contribution is -0.910. The fourth-order valence-electron chi connectivity index (χ4n) is 2.11. The van der Waals surface area contributed by atoms with Gasteiger partial charge in [0.1, 0.15) is 0 Å². The van der Waals surface area contributed by atoms with Gasteiger partial charge < -0.3 is 4.48 Å². The third-order valence-electron chi connectivity index (χ3n) is 3.08. The number of quaternary nitrogens is 1. The number of piperazine rings is 1. The summed E-state index contributed by atoms with van der Waals surface area (Å²) in [6, 6.07) is 0. The van der Waals surface area contributed by atoms with Gasteiger partial charge in [0.15, 0.2) is 0 Å². The summed E-state index contributed by atoms with van der Waals surface area (Å²) in [5.41, 5.74) is 0. The molecular formula is C11H25N2+. The quantitative estimate of drug-likeness (QED) is 0.518. The Morgan fingerprint density at radius 2 is 1.54 bits per heavy atom. The van der Waals surface area contributed by atoms with Crippen molar-refractivity contribution in [1.29, 1.82) is 0 Å². The number of hydrogen-bond acceptors (Lipinski definition) is 1. The molecule has 3 rings (SSSR count).